The predicted octanol–water partition coefficient (Wildman–Crippen LogP) is 7.64. The van der Waals surface area contributed by atoms with E-state index in [1.54, 1.807) is 0 Å². The largest absolute Gasteiger partial charge is 0.507 e. The Morgan fingerprint density at radius 2 is 1.56 bits per heavy atom. The standard InChI is InChI=1S/C24H40O/c1-5-6-7-8-9-11-14-19-17-21(20-15-12-10-13-16-20)23(25)22(18-19)24(2,3)4/h17-18,20,25H,5-16H2,1-4H3. The fourth-order valence-electron chi connectivity index (χ4n) is 4.27. The number of hydrogen-bond donors (Lipinski definition) is 1. The van der Waals surface area contributed by atoms with Crippen molar-refractivity contribution >= 4 is 0 Å². The molecule has 2 rings (SSSR count). The average Bonchev–Trinajstić information content (AvgIpc) is 2.59. The minimum absolute atomic E-state index is 0.00460. The topological polar surface area (TPSA) is 20.2 Å². The molecule has 0 aliphatic heterocycles. The molecule has 0 aromatic heterocycles. The van der Waals surface area contributed by atoms with Crippen LogP contribution in [0, 0.1) is 0 Å². The van der Waals surface area contributed by atoms with Crippen LogP contribution in [-0.2, 0) is 11.8 Å². The summed E-state index contributed by atoms with van der Waals surface area (Å²) in [7, 11) is 0. The molecule has 0 bridgehead atoms. The molecule has 1 aromatic carbocycles. The van der Waals surface area contributed by atoms with E-state index in [1.165, 1.54) is 81.8 Å². The van der Waals surface area contributed by atoms with E-state index in [0.29, 0.717) is 11.7 Å². The zero-order chi connectivity index (χ0) is 18.3. The van der Waals surface area contributed by atoms with Gasteiger partial charge in [0.25, 0.3) is 0 Å². The molecule has 0 amide bonds. The van der Waals surface area contributed by atoms with Gasteiger partial charge in [-0.3, -0.25) is 0 Å². The van der Waals surface area contributed by atoms with Gasteiger partial charge in [-0.25, -0.2) is 0 Å². The lowest BCUT2D eigenvalue weighted by molar-refractivity contribution is 0.402. The Bertz CT molecular complexity index is 518. The van der Waals surface area contributed by atoms with Gasteiger partial charge in [0.15, 0.2) is 0 Å². The number of aromatic hydroxyl groups is 1. The highest BCUT2D eigenvalue weighted by Gasteiger charge is 2.25. The molecule has 0 spiro atoms. The maximum Gasteiger partial charge on any atom is 0.122 e. The van der Waals surface area contributed by atoms with E-state index < -0.39 is 0 Å². The minimum Gasteiger partial charge on any atom is -0.507 e. The summed E-state index contributed by atoms with van der Waals surface area (Å²) in [5, 5.41) is 11.0. The van der Waals surface area contributed by atoms with Gasteiger partial charge in [0, 0.05) is 0 Å². The summed E-state index contributed by atoms with van der Waals surface area (Å²) in [5.41, 5.74) is 3.84. The molecule has 0 atom stereocenters. The fourth-order valence-corrected chi connectivity index (χ4v) is 4.27. The Hall–Kier alpha value is -0.980. The van der Waals surface area contributed by atoms with Gasteiger partial charge in [0.1, 0.15) is 5.75 Å². The number of hydrogen-bond acceptors (Lipinski definition) is 1. The fraction of sp³-hybridized carbons (Fsp3) is 0.750. The molecule has 25 heavy (non-hydrogen) atoms. The molecular formula is C24H40O. The van der Waals surface area contributed by atoms with Crippen LogP contribution in [0.4, 0.5) is 0 Å². The van der Waals surface area contributed by atoms with Gasteiger partial charge in [-0.2, -0.15) is 0 Å². The Kier molecular flexibility index (Phi) is 7.84. The highest BCUT2D eigenvalue weighted by molar-refractivity contribution is 5.48. The highest BCUT2D eigenvalue weighted by atomic mass is 16.3. The van der Waals surface area contributed by atoms with Gasteiger partial charge < -0.3 is 5.11 Å². The molecule has 1 saturated carbocycles. The number of rotatable bonds is 8. The predicted molar refractivity (Wildman–Crippen MR) is 110 cm³/mol. The van der Waals surface area contributed by atoms with Gasteiger partial charge >= 0.3 is 0 Å². The lowest BCUT2D eigenvalue weighted by Gasteiger charge is -2.28. The van der Waals surface area contributed by atoms with Crippen LogP contribution in [-0.4, -0.2) is 5.11 Å². The second-order valence-corrected chi connectivity index (χ2v) is 9.18. The van der Waals surface area contributed by atoms with Crippen molar-refractivity contribution in [3.05, 3.63) is 28.8 Å². The van der Waals surface area contributed by atoms with E-state index in [9.17, 15) is 5.11 Å². The summed E-state index contributed by atoms with van der Waals surface area (Å²) >= 11 is 0. The molecule has 1 N–H and O–H groups in total. The van der Waals surface area contributed by atoms with Gasteiger partial charge in [-0.15, -0.1) is 0 Å². The maximum absolute atomic E-state index is 11.0. The van der Waals surface area contributed by atoms with Crippen LogP contribution in [0.25, 0.3) is 0 Å². The SMILES string of the molecule is CCCCCCCCc1cc(C2CCCCC2)c(O)c(C(C)(C)C)c1. The van der Waals surface area contributed by atoms with E-state index >= 15 is 0 Å². The number of aryl methyl sites for hydroxylation is 1. The third kappa shape index (κ3) is 6.04. The Balaban J connectivity index is 2.12. The second-order valence-electron chi connectivity index (χ2n) is 9.18. The molecule has 1 heteroatoms. The lowest BCUT2D eigenvalue weighted by Crippen LogP contribution is -2.14. The number of benzene rings is 1. The molecule has 0 unspecified atom stereocenters. The molecule has 1 nitrogen and oxygen atoms in total. The van der Waals surface area contributed by atoms with Crippen molar-refractivity contribution in [1.82, 2.24) is 0 Å². The van der Waals surface area contributed by atoms with Crippen molar-refractivity contribution in [1.29, 1.82) is 0 Å². The van der Waals surface area contributed by atoms with Crippen molar-refractivity contribution in [3.8, 4) is 5.75 Å². The van der Waals surface area contributed by atoms with Crippen LogP contribution in [0.15, 0.2) is 12.1 Å². The van der Waals surface area contributed by atoms with Gasteiger partial charge in [-0.05, 0) is 53.7 Å². The second kappa shape index (κ2) is 9.64. The number of phenols is 1. The Morgan fingerprint density at radius 1 is 0.920 bits per heavy atom. The average molecular weight is 345 g/mol. The van der Waals surface area contributed by atoms with Crippen LogP contribution < -0.4 is 0 Å². The normalized spacial score (nSPS) is 16.3. The van der Waals surface area contributed by atoms with E-state index in [1.807, 2.05) is 0 Å². The molecule has 0 heterocycles. The molecule has 0 radical (unpaired) electrons. The van der Waals surface area contributed by atoms with Crippen LogP contribution in [0.3, 0.4) is 0 Å². The summed E-state index contributed by atoms with van der Waals surface area (Å²) in [4.78, 5) is 0. The maximum atomic E-state index is 11.0. The molecular weight excluding hydrogens is 304 g/mol. The van der Waals surface area contributed by atoms with E-state index in [-0.39, 0.29) is 5.41 Å². The van der Waals surface area contributed by atoms with Gasteiger partial charge in [-0.1, -0.05) is 91.2 Å². The summed E-state index contributed by atoms with van der Waals surface area (Å²) in [6.07, 6.45) is 15.7. The summed E-state index contributed by atoms with van der Waals surface area (Å²) in [6, 6.07) is 4.63. The Labute approximate surface area is 156 Å². The first kappa shape index (κ1) is 20.3. The lowest BCUT2D eigenvalue weighted by atomic mass is 9.78. The van der Waals surface area contributed by atoms with Crippen molar-refractivity contribution in [3.63, 3.8) is 0 Å². The first-order valence-electron chi connectivity index (χ1n) is 10.8. The minimum atomic E-state index is 0.00460. The molecule has 0 saturated heterocycles. The first-order chi connectivity index (χ1) is 11.9. The Morgan fingerprint density at radius 3 is 2.20 bits per heavy atom. The monoisotopic (exact) mass is 344 g/mol. The van der Waals surface area contributed by atoms with Crippen molar-refractivity contribution in [2.45, 2.75) is 116 Å². The van der Waals surface area contributed by atoms with Crippen LogP contribution in [0.1, 0.15) is 121 Å². The van der Waals surface area contributed by atoms with E-state index in [4.69, 9.17) is 0 Å². The molecule has 1 aromatic rings. The van der Waals surface area contributed by atoms with E-state index in [2.05, 4.69) is 39.8 Å². The van der Waals surface area contributed by atoms with Gasteiger partial charge in [0.2, 0.25) is 0 Å². The molecule has 142 valence electrons. The summed E-state index contributed by atoms with van der Waals surface area (Å²) in [5.74, 6) is 1.16. The third-order valence-corrected chi connectivity index (χ3v) is 5.87. The molecule has 1 aliphatic carbocycles. The van der Waals surface area contributed by atoms with Crippen LogP contribution in [0.2, 0.25) is 0 Å². The first-order valence-corrected chi connectivity index (χ1v) is 10.8. The van der Waals surface area contributed by atoms with E-state index in [0.717, 1.165) is 12.0 Å². The van der Waals surface area contributed by atoms with Crippen molar-refractivity contribution in [2.24, 2.45) is 0 Å². The van der Waals surface area contributed by atoms with Gasteiger partial charge in [0.05, 0.1) is 0 Å². The smallest absolute Gasteiger partial charge is 0.122 e. The molecule has 1 aliphatic rings. The zero-order valence-electron chi connectivity index (χ0n) is 17.2. The van der Waals surface area contributed by atoms with Crippen LogP contribution in [0.5, 0.6) is 5.75 Å². The van der Waals surface area contributed by atoms with Crippen molar-refractivity contribution in [2.75, 3.05) is 0 Å². The highest BCUT2D eigenvalue weighted by Crippen LogP contribution is 2.42. The summed E-state index contributed by atoms with van der Waals surface area (Å²) in [6.45, 7) is 8.95. The third-order valence-electron chi connectivity index (χ3n) is 5.87. The summed E-state index contributed by atoms with van der Waals surface area (Å²) < 4.78 is 0. The zero-order valence-corrected chi connectivity index (χ0v) is 17.2. The van der Waals surface area contributed by atoms with Crippen molar-refractivity contribution < 1.29 is 5.11 Å². The quantitative estimate of drug-likeness (QED) is 0.480. The molecule has 1 fully saturated rings. The number of unbranched alkanes of at least 4 members (excludes halogenated alkanes) is 5. The number of phenolic OH excluding ortho intramolecular Hbond substituents is 1. The van der Waals surface area contributed by atoms with Crippen LogP contribution >= 0.6 is 0 Å².